The van der Waals surface area contributed by atoms with Crippen molar-refractivity contribution < 1.29 is 18.3 Å². The van der Waals surface area contributed by atoms with Gasteiger partial charge in [-0.1, -0.05) is 23.6 Å². The van der Waals surface area contributed by atoms with Crippen molar-refractivity contribution in [3.63, 3.8) is 0 Å². The SMILES string of the molecule is Cc1cc(C)cc(S(=O)(=O)Nc2ccc(Cl)nc2C#CCCCC(=O)O)c1. The fraction of sp³-hybridized carbons (Fsp3) is 0.263. The average molecular weight is 407 g/mol. The number of aliphatic carboxylic acids is 1. The van der Waals surface area contributed by atoms with Gasteiger partial charge in [0, 0.05) is 12.8 Å². The summed E-state index contributed by atoms with van der Waals surface area (Å²) in [7, 11) is -3.82. The summed E-state index contributed by atoms with van der Waals surface area (Å²) in [5.74, 6) is 4.67. The van der Waals surface area contributed by atoms with Crippen LogP contribution in [0.15, 0.2) is 35.2 Å². The van der Waals surface area contributed by atoms with Crippen molar-refractivity contribution in [3.8, 4) is 11.8 Å². The average Bonchev–Trinajstić information content (AvgIpc) is 2.55. The second-order valence-electron chi connectivity index (χ2n) is 6.01. The molecule has 2 N–H and O–H groups in total. The topological polar surface area (TPSA) is 96.4 Å². The molecule has 1 aromatic carbocycles. The molecule has 0 aliphatic rings. The van der Waals surface area contributed by atoms with Crippen molar-refractivity contribution in [3.05, 3.63) is 52.3 Å². The molecule has 2 aromatic rings. The second-order valence-corrected chi connectivity index (χ2v) is 8.08. The lowest BCUT2D eigenvalue weighted by Gasteiger charge is -2.11. The first-order valence-corrected chi connectivity index (χ1v) is 10.0. The minimum Gasteiger partial charge on any atom is -0.481 e. The van der Waals surface area contributed by atoms with Crippen LogP contribution in [0, 0.1) is 25.7 Å². The summed E-state index contributed by atoms with van der Waals surface area (Å²) < 4.78 is 27.9. The van der Waals surface area contributed by atoms with E-state index in [1.165, 1.54) is 12.1 Å². The maximum absolute atomic E-state index is 12.7. The number of carboxylic acid groups (broad SMARTS) is 1. The lowest BCUT2D eigenvalue weighted by molar-refractivity contribution is -0.137. The fourth-order valence-electron chi connectivity index (χ4n) is 2.38. The van der Waals surface area contributed by atoms with Gasteiger partial charge in [0.25, 0.3) is 10.0 Å². The number of anilines is 1. The smallest absolute Gasteiger partial charge is 0.303 e. The largest absolute Gasteiger partial charge is 0.481 e. The van der Waals surface area contributed by atoms with Crippen molar-refractivity contribution in [1.82, 2.24) is 4.98 Å². The molecule has 142 valence electrons. The molecule has 0 fully saturated rings. The molecule has 0 saturated carbocycles. The first-order chi connectivity index (χ1) is 12.7. The van der Waals surface area contributed by atoms with Gasteiger partial charge in [0.05, 0.1) is 10.6 Å². The van der Waals surface area contributed by atoms with Crippen molar-refractivity contribution >= 4 is 33.3 Å². The number of nitrogens with one attached hydrogen (secondary N) is 1. The van der Waals surface area contributed by atoms with E-state index in [9.17, 15) is 13.2 Å². The normalized spacial score (nSPS) is 10.8. The first-order valence-electron chi connectivity index (χ1n) is 8.16. The van der Waals surface area contributed by atoms with Gasteiger partial charge >= 0.3 is 5.97 Å². The third kappa shape index (κ3) is 6.27. The van der Waals surface area contributed by atoms with Crippen molar-refractivity contribution in [1.29, 1.82) is 0 Å². The summed E-state index contributed by atoms with van der Waals surface area (Å²) in [6.45, 7) is 3.65. The number of carboxylic acids is 1. The van der Waals surface area contributed by atoms with Gasteiger partial charge in [-0.15, -0.1) is 0 Å². The van der Waals surface area contributed by atoms with Crippen LogP contribution >= 0.6 is 11.6 Å². The van der Waals surface area contributed by atoms with Crippen molar-refractivity contribution in [2.24, 2.45) is 0 Å². The predicted molar refractivity (Wildman–Crippen MR) is 104 cm³/mol. The van der Waals surface area contributed by atoms with Gasteiger partial charge in [-0.3, -0.25) is 9.52 Å². The van der Waals surface area contributed by atoms with E-state index in [-0.39, 0.29) is 27.9 Å². The monoisotopic (exact) mass is 406 g/mol. The molecule has 6 nitrogen and oxygen atoms in total. The lowest BCUT2D eigenvalue weighted by Crippen LogP contribution is -2.14. The molecule has 0 aliphatic carbocycles. The van der Waals surface area contributed by atoms with Crippen LogP contribution < -0.4 is 4.72 Å². The van der Waals surface area contributed by atoms with Crippen LogP contribution in [0.1, 0.15) is 36.1 Å². The molecule has 0 bridgehead atoms. The lowest BCUT2D eigenvalue weighted by atomic mass is 10.2. The van der Waals surface area contributed by atoms with Crippen LogP contribution in [-0.2, 0) is 14.8 Å². The highest BCUT2D eigenvalue weighted by atomic mass is 35.5. The van der Waals surface area contributed by atoms with Gasteiger partial charge in [-0.2, -0.15) is 0 Å². The molecule has 1 heterocycles. The highest BCUT2D eigenvalue weighted by molar-refractivity contribution is 7.92. The number of unbranched alkanes of at least 4 members (excludes halogenated alkanes) is 1. The van der Waals surface area contributed by atoms with Crippen LogP contribution in [0.5, 0.6) is 0 Å². The standard InChI is InChI=1S/C19H19ClN2O4S/c1-13-10-14(2)12-15(11-13)27(25,26)22-17-8-9-18(20)21-16(17)6-4-3-5-7-19(23)24/h8-12,22H,3,5,7H2,1-2H3,(H,23,24). The highest BCUT2D eigenvalue weighted by Gasteiger charge is 2.17. The van der Waals surface area contributed by atoms with Crippen LogP contribution in [0.4, 0.5) is 5.69 Å². The van der Waals surface area contributed by atoms with E-state index in [0.29, 0.717) is 12.8 Å². The maximum Gasteiger partial charge on any atom is 0.303 e. The van der Waals surface area contributed by atoms with Crippen LogP contribution in [-0.4, -0.2) is 24.5 Å². The third-order valence-electron chi connectivity index (χ3n) is 3.51. The number of aromatic nitrogens is 1. The summed E-state index contributed by atoms with van der Waals surface area (Å²) >= 11 is 5.89. The highest BCUT2D eigenvalue weighted by Crippen LogP contribution is 2.22. The molecular weight excluding hydrogens is 388 g/mol. The Morgan fingerprint density at radius 1 is 1.22 bits per heavy atom. The van der Waals surface area contributed by atoms with Crippen LogP contribution in [0.3, 0.4) is 0 Å². The number of nitrogens with zero attached hydrogens (tertiary/aromatic N) is 1. The van der Waals surface area contributed by atoms with E-state index in [1.807, 2.05) is 19.9 Å². The summed E-state index contributed by atoms with van der Waals surface area (Å²) in [6, 6.07) is 8.01. The predicted octanol–water partition coefficient (Wildman–Crippen LogP) is 3.76. The fourth-order valence-corrected chi connectivity index (χ4v) is 3.78. The molecule has 0 atom stereocenters. The van der Waals surface area contributed by atoms with Gasteiger partial charge in [-0.05, 0) is 61.6 Å². The Bertz CT molecular complexity index is 1000. The molecule has 0 aliphatic heterocycles. The molecule has 8 heteroatoms. The number of benzene rings is 1. The van der Waals surface area contributed by atoms with E-state index in [1.54, 1.807) is 12.1 Å². The molecule has 0 amide bonds. The number of carbonyl (C=O) groups is 1. The van der Waals surface area contributed by atoms with Crippen LogP contribution in [0.25, 0.3) is 0 Å². The zero-order valence-electron chi connectivity index (χ0n) is 14.9. The van der Waals surface area contributed by atoms with E-state index in [4.69, 9.17) is 16.7 Å². The quantitative estimate of drug-likeness (QED) is 0.432. The zero-order valence-corrected chi connectivity index (χ0v) is 16.5. The molecule has 2 rings (SSSR count). The molecule has 27 heavy (non-hydrogen) atoms. The van der Waals surface area contributed by atoms with Gasteiger partial charge in [0.1, 0.15) is 10.8 Å². The Hall–Kier alpha value is -2.56. The molecule has 0 radical (unpaired) electrons. The van der Waals surface area contributed by atoms with Crippen LogP contribution in [0.2, 0.25) is 5.15 Å². The summed E-state index contributed by atoms with van der Waals surface area (Å²) in [5, 5.41) is 8.81. The Morgan fingerprint density at radius 3 is 2.52 bits per heavy atom. The zero-order chi connectivity index (χ0) is 20.0. The number of hydrogen-bond acceptors (Lipinski definition) is 4. The Balaban J connectivity index is 2.28. The van der Waals surface area contributed by atoms with Gasteiger partial charge in [0.15, 0.2) is 0 Å². The minimum absolute atomic E-state index is 0.0177. The van der Waals surface area contributed by atoms with Gasteiger partial charge in [-0.25, -0.2) is 13.4 Å². The molecule has 1 aromatic heterocycles. The van der Waals surface area contributed by atoms with E-state index in [2.05, 4.69) is 21.5 Å². The first kappa shape index (κ1) is 20.7. The maximum atomic E-state index is 12.7. The number of hydrogen-bond donors (Lipinski definition) is 2. The molecule has 0 saturated heterocycles. The van der Waals surface area contributed by atoms with Gasteiger partial charge in [0.2, 0.25) is 0 Å². The van der Waals surface area contributed by atoms with E-state index in [0.717, 1.165) is 11.1 Å². The Labute approximate surface area is 163 Å². The van der Waals surface area contributed by atoms with Crippen molar-refractivity contribution in [2.75, 3.05) is 4.72 Å². The Morgan fingerprint density at radius 2 is 1.89 bits per heavy atom. The van der Waals surface area contributed by atoms with Gasteiger partial charge < -0.3 is 5.11 Å². The summed E-state index contributed by atoms with van der Waals surface area (Å²) in [4.78, 5) is 14.7. The second kappa shape index (κ2) is 8.89. The summed E-state index contributed by atoms with van der Waals surface area (Å²) in [5.41, 5.74) is 2.07. The minimum atomic E-state index is -3.82. The third-order valence-corrected chi connectivity index (χ3v) is 5.07. The van der Waals surface area contributed by atoms with E-state index >= 15 is 0 Å². The Kier molecular flexibility index (Phi) is 6.83. The number of rotatable bonds is 6. The molecule has 0 unspecified atom stereocenters. The number of sulfonamides is 1. The number of halogens is 1. The number of aryl methyl sites for hydroxylation is 2. The van der Waals surface area contributed by atoms with Crippen molar-refractivity contribution in [2.45, 2.75) is 38.0 Å². The summed E-state index contributed by atoms with van der Waals surface area (Å²) in [6.07, 6.45) is 0.764. The molecule has 0 spiro atoms. The molecular formula is C19H19ClN2O4S. The number of pyridine rings is 1. The van der Waals surface area contributed by atoms with E-state index < -0.39 is 16.0 Å².